The van der Waals surface area contributed by atoms with Gasteiger partial charge in [0.15, 0.2) is 0 Å². The second kappa shape index (κ2) is 11.4. The summed E-state index contributed by atoms with van der Waals surface area (Å²) in [6, 6.07) is 4.05. The Morgan fingerprint density at radius 2 is 1.25 bits per heavy atom. The van der Waals surface area contributed by atoms with Crippen LogP contribution < -0.4 is 0 Å². The van der Waals surface area contributed by atoms with Crippen molar-refractivity contribution in [1.29, 1.82) is 0 Å². The summed E-state index contributed by atoms with van der Waals surface area (Å²) < 4.78 is 0. The first-order valence-electron chi connectivity index (χ1n) is 8.07. The van der Waals surface area contributed by atoms with Gasteiger partial charge in [-0.1, -0.05) is 46.1 Å². The maximum atomic E-state index is 10.2. The third-order valence-corrected chi connectivity index (χ3v) is 3.86. The minimum atomic E-state index is 0. The smallest absolute Gasteiger partial charge is 0.119 e. The van der Waals surface area contributed by atoms with Crippen LogP contribution in [-0.4, -0.2) is 5.11 Å². The molecule has 114 valence electrons. The quantitative estimate of drug-likeness (QED) is 0.538. The summed E-state index contributed by atoms with van der Waals surface area (Å²) in [5.74, 6) is 0.514. The first-order chi connectivity index (χ1) is 9.24. The number of hydrogen-bond donors (Lipinski definition) is 1. The van der Waals surface area contributed by atoms with E-state index in [0.717, 1.165) is 19.3 Å². The molecule has 0 aliphatic heterocycles. The number of phenols is 1. The van der Waals surface area contributed by atoms with Crippen LogP contribution in [0.2, 0.25) is 0 Å². The molecule has 0 bridgehead atoms. The minimum Gasteiger partial charge on any atom is -0.508 e. The zero-order valence-corrected chi connectivity index (χ0v) is 16.3. The van der Waals surface area contributed by atoms with Gasteiger partial charge >= 0.3 is 0 Å². The number of unbranched alkanes of at least 4 members (excludes halogenated alkanes) is 3. The van der Waals surface area contributed by atoms with Crippen molar-refractivity contribution < 1.29 is 26.2 Å². The van der Waals surface area contributed by atoms with Crippen molar-refractivity contribution in [3.8, 4) is 5.75 Å². The summed E-state index contributed by atoms with van der Waals surface area (Å²) in [6.07, 6.45) is 10.6. The van der Waals surface area contributed by atoms with Gasteiger partial charge in [0.25, 0.3) is 0 Å². The molecule has 1 N–H and O–H groups in total. The molecule has 0 radical (unpaired) electrons. The first-order valence-corrected chi connectivity index (χ1v) is 8.07. The largest absolute Gasteiger partial charge is 0.508 e. The first kappa shape index (κ1) is 19.7. The summed E-state index contributed by atoms with van der Waals surface area (Å²) in [4.78, 5) is 0. The summed E-state index contributed by atoms with van der Waals surface area (Å²) in [5, 5.41) is 10.2. The Bertz CT molecular complexity index is 374. The molecule has 0 aliphatic carbocycles. The van der Waals surface area contributed by atoms with Crippen LogP contribution in [0, 0.1) is 0 Å². The van der Waals surface area contributed by atoms with E-state index in [9.17, 15) is 5.11 Å². The van der Waals surface area contributed by atoms with Crippen LogP contribution in [-0.2, 0) is 40.3 Å². The normalized spacial score (nSPS) is 10.3. The van der Waals surface area contributed by atoms with Crippen LogP contribution in [0.5, 0.6) is 5.75 Å². The fraction of sp³-hybridized carbons (Fsp3) is 0.667. The molecule has 0 saturated heterocycles. The molecule has 0 heterocycles. The van der Waals surface area contributed by atoms with Gasteiger partial charge in [-0.05, 0) is 61.3 Å². The van der Waals surface area contributed by atoms with Crippen molar-refractivity contribution in [2.45, 2.75) is 78.6 Å². The molecule has 1 aromatic rings. The van der Waals surface area contributed by atoms with Gasteiger partial charge in [-0.25, -0.2) is 0 Å². The summed E-state index contributed by atoms with van der Waals surface area (Å²) in [7, 11) is 0. The maximum absolute atomic E-state index is 10.2. The fourth-order valence-electron chi connectivity index (χ4n) is 2.63. The van der Waals surface area contributed by atoms with Crippen molar-refractivity contribution in [2.24, 2.45) is 0 Å². The van der Waals surface area contributed by atoms with Gasteiger partial charge < -0.3 is 5.11 Å². The summed E-state index contributed by atoms with van der Waals surface area (Å²) >= 11 is 0. The predicted octanol–water partition coefficient (Wildman–Crippen LogP) is 5.42. The van der Waals surface area contributed by atoms with E-state index in [4.69, 9.17) is 0 Å². The van der Waals surface area contributed by atoms with Crippen molar-refractivity contribution in [3.63, 3.8) is 0 Å². The van der Waals surface area contributed by atoms with Crippen LogP contribution >= 0.6 is 0 Å². The second-order valence-corrected chi connectivity index (χ2v) is 5.51. The molecule has 0 saturated carbocycles. The zero-order chi connectivity index (χ0) is 14.1. The number of phenolic OH excluding ortho intramolecular Hbond substituents is 1. The van der Waals surface area contributed by atoms with Crippen LogP contribution in [0.4, 0.5) is 0 Å². The average Bonchev–Trinajstić information content (AvgIpc) is 2.42. The van der Waals surface area contributed by atoms with Crippen molar-refractivity contribution in [2.75, 3.05) is 0 Å². The van der Waals surface area contributed by atoms with Crippen LogP contribution in [0.25, 0.3) is 0 Å². The average molecular weight is 446 g/mol. The molecule has 2 heteroatoms. The molecule has 0 atom stereocenters. The van der Waals surface area contributed by atoms with Gasteiger partial charge in [0.1, 0.15) is 5.75 Å². The summed E-state index contributed by atoms with van der Waals surface area (Å²) in [6.45, 7) is 6.69. The molecular weight excluding hydrogens is 416 g/mol. The minimum absolute atomic E-state index is 0. The van der Waals surface area contributed by atoms with E-state index in [1.807, 2.05) is 6.07 Å². The molecule has 20 heavy (non-hydrogen) atoms. The van der Waals surface area contributed by atoms with Gasteiger partial charge in [-0.3, -0.25) is 0 Å². The standard InChI is InChI=1S/C18H30O.W/c1-4-7-10-15-13-14-18(19)17(12-9-6-3)16(15)11-8-5-2;/h13-14,19H,4-12H2,1-3H3;. The van der Waals surface area contributed by atoms with E-state index in [0.29, 0.717) is 5.75 Å². The molecule has 1 nitrogen and oxygen atoms in total. The number of aromatic hydroxyl groups is 1. The van der Waals surface area contributed by atoms with Crippen molar-refractivity contribution in [3.05, 3.63) is 28.8 Å². The Morgan fingerprint density at radius 3 is 1.80 bits per heavy atom. The number of hydrogen-bond acceptors (Lipinski definition) is 1. The molecule has 0 unspecified atom stereocenters. The molecule has 0 spiro atoms. The van der Waals surface area contributed by atoms with Gasteiger partial charge in [0.2, 0.25) is 0 Å². The third kappa shape index (κ3) is 6.00. The van der Waals surface area contributed by atoms with Gasteiger partial charge in [0.05, 0.1) is 0 Å². The SMILES string of the molecule is CCCCc1ccc(O)c(CCCC)c1CCCC.[W]. The van der Waals surface area contributed by atoms with E-state index in [1.165, 1.54) is 55.2 Å². The Morgan fingerprint density at radius 1 is 0.750 bits per heavy atom. The fourth-order valence-corrected chi connectivity index (χ4v) is 2.63. The topological polar surface area (TPSA) is 20.2 Å². The molecule has 0 amide bonds. The monoisotopic (exact) mass is 446 g/mol. The zero-order valence-electron chi connectivity index (χ0n) is 13.4. The van der Waals surface area contributed by atoms with Crippen molar-refractivity contribution >= 4 is 0 Å². The van der Waals surface area contributed by atoms with E-state index in [1.54, 1.807) is 0 Å². The molecule has 1 rings (SSSR count). The van der Waals surface area contributed by atoms with Crippen LogP contribution in [0.15, 0.2) is 12.1 Å². The second-order valence-electron chi connectivity index (χ2n) is 5.51. The van der Waals surface area contributed by atoms with E-state index < -0.39 is 0 Å². The van der Waals surface area contributed by atoms with E-state index in [2.05, 4.69) is 26.8 Å². The van der Waals surface area contributed by atoms with Crippen LogP contribution in [0.3, 0.4) is 0 Å². The Labute approximate surface area is 139 Å². The molecule has 0 fully saturated rings. The molecule has 1 aromatic carbocycles. The Kier molecular flexibility index (Phi) is 11.2. The van der Waals surface area contributed by atoms with Gasteiger partial charge in [0, 0.05) is 21.1 Å². The molecule has 0 aliphatic rings. The molecular formula is C18H30OW. The predicted molar refractivity (Wildman–Crippen MR) is 83.9 cm³/mol. The van der Waals surface area contributed by atoms with Crippen LogP contribution in [0.1, 0.15) is 76.0 Å². The Balaban J connectivity index is 0.00000361. The van der Waals surface area contributed by atoms with E-state index in [-0.39, 0.29) is 21.1 Å². The molecule has 0 aromatic heterocycles. The summed E-state index contributed by atoms with van der Waals surface area (Å²) in [5.41, 5.74) is 4.15. The number of aryl methyl sites for hydroxylation is 1. The number of benzene rings is 1. The van der Waals surface area contributed by atoms with Gasteiger partial charge in [-0.15, -0.1) is 0 Å². The Hall–Kier alpha value is -0.292. The maximum Gasteiger partial charge on any atom is 0.119 e. The third-order valence-electron chi connectivity index (χ3n) is 3.86. The van der Waals surface area contributed by atoms with Gasteiger partial charge in [-0.2, -0.15) is 0 Å². The van der Waals surface area contributed by atoms with E-state index >= 15 is 0 Å². The van der Waals surface area contributed by atoms with Crippen molar-refractivity contribution in [1.82, 2.24) is 0 Å². The number of rotatable bonds is 9.